The van der Waals surface area contributed by atoms with Crippen LogP contribution in [0, 0.1) is 10.1 Å². The second kappa shape index (κ2) is 8.35. The average Bonchev–Trinajstić information content (AvgIpc) is 3.17. The molecule has 0 radical (unpaired) electrons. The van der Waals surface area contributed by atoms with Gasteiger partial charge in [0.15, 0.2) is 5.75 Å². The van der Waals surface area contributed by atoms with Crippen molar-refractivity contribution < 1.29 is 19.5 Å². The molecule has 3 rings (SSSR count). The Kier molecular flexibility index (Phi) is 5.70. The summed E-state index contributed by atoms with van der Waals surface area (Å²) in [5.41, 5.74) is 4.39. The number of phenols is 1. The molecule has 1 heterocycles. The fraction of sp³-hybridized carbons (Fsp3) is 0.111. The number of aromatic nitrogens is 1. The summed E-state index contributed by atoms with van der Waals surface area (Å²) in [5, 5.41) is 27.3. The molecule has 2 aromatic carbocycles. The highest BCUT2D eigenvalue weighted by molar-refractivity contribution is 7.14. The molecule has 0 aliphatic carbocycles. The number of hydrogen-bond donors (Lipinski definition) is 2. The van der Waals surface area contributed by atoms with E-state index >= 15 is 0 Å². The normalized spacial score (nSPS) is 10.8. The molecule has 10 heteroatoms. The van der Waals surface area contributed by atoms with Crippen LogP contribution >= 0.6 is 11.3 Å². The van der Waals surface area contributed by atoms with E-state index in [4.69, 9.17) is 9.47 Å². The first-order valence-corrected chi connectivity index (χ1v) is 8.84. The summed E-state index contributed by atoms with van der Waals surface area (Å²) in [6.07, 6.45) is 1.38. The molecule has 0 spiro atoms. The number of benzene rings is 2. The Morgan fingerprint density at radius 1 is 1.29 bits per heavy atom. The lowest BCUT2D eigenvalue weighted by atomic mass is 10.2. The molecule has 144 valence electrons. The molecular weight excluding hydrogens is 384 g/mol. The number of methoxy groups -OCH3 is 2. The van der Waals surface area contributed by atoms with Gasteiger partial charge in [0.05, 0.1) is 31.1 Å². The SMILES string of the molecule is COc1cccc(-c2csc(N/N=C\c3cc(OC)c(O)c([N+](=O)[O-])c3)n2)c1. The van der Waals surface area contributed by atoms with E-state index in [1.807, 2.05) is 29.6 Å². The van der Waals surface area contributed by atoms with Gasteiger partial charge in [0.2, 0.25) is 10.9 Å². The van der Waals surface area contributed by atoms with Crippen LogP contribution in [0.5, 0.6) is 17.2 Å². The first kappa shape index (κ1) is 19.1. The summed E-state index contributed by atoms with van der Waals surface area (Å²) in [7, 11) is 2.91. The van der Waals surface area contributed by atoms with Crippen molar-refractivity contribution >= 4 is 28.4 Å². The number of hydrogen-bond acceptors (Lipinski definition) is 9. The molecular formula is C18H16N4O5S. The van der Waals surface area contributed by atoms with Crippen molar-refractivity contribution in [2.45, 2.75) is 0 Å². The number of ether oxygens (including phenoxy) is 2. The van der Waals surface area contributed by atoms with Crippen LogP contribution in [0.2, 0.25) is 0 Å². The summed E-state index contributed by atoms with van der Waals surface area (Å²) in [4.78, 5) is 14.8. The van der Waals surface area contributed by atoms with Crippen LogP contribution in [0.1, 0.15) is 5.56 Å². The second-order valence-electron chi connectivity index (χ2n) is 5.49. The van der Waals surface area contributed by atoms with Crippen LogP contribution in [-0.2, 0) is 0 Å². The molecule has 0 aliphatic rings. The highest BCUT2D eigenvalue weighted by atomic mass is 32.1. The van der Waals surface area contributed by atoms with Gasteiger partial charge in [-0.25, -0.2) is 4.98 Å². The molecule has 2 N–H and O–H groups in total. The maximum atomic E-state index is 11.0. The molecule has 0 atom stereocenters. The lowest BCUT2D eigenvalue weighted by Crippen LogP contribution is -1.96. The fourth-order valence-electron chi connectivity index (χ4n) is 2.39. The fourth-order valence-corrected chi connectivity index (χ4v) is 3.05. The second-order valence-corrected chi connectivity index (χ2v) is 6.35. The van der Waals surface area contributed by atoms with E-state index in [0.29, 0.717) is 10.7 Å². The first-order valence-electron chi connectivity index (χ1n) is 7.96. The smallest absolute Gasteiger partial charge is 0.315 e. The molecule has 9 nitrogen and oxygen atoms in total. The standard InChI is InChI=1S/C18H16N4O5S/c1-26-13-5-3-4-12(8-13)14-10-28-18(20-14)21-19-9-11-6-15(22(24)25)17(23)16(7-11)27-2/h3-10,23H,1-2H3,(H,20,21)/b19-9-. The predicted molar refractivity (Wildman–Crippen MR) is 107 cm³/mol. The number of anilines is 1. The maximum Gasteiger partial charge on any atom is 0.315 e. The van der Waals surface area contributed by atoms with Gasteiger partial charge in [-0.1, -0.05) is 12.1 Å². The number of nitrogens with zero attached hydrogens (tertiary/aromatic N) is 3. The summed E-state index contributed by atoms with van der Waals surface area (Å²) in [6, 6.07) is 10.2. The van der Waals surface area contributed by atoms with Crippen molar-refractivity contribution in [2.75, 3.05) is 19.6 Å². The van der Waals surface area contributed by atoms with Gasteiger partial charge < -0.3 is 14.6 Å². The third-order valence-electron chi connectivity index (χ3n) is 3.74. The van der Waals surface area contributed by atoms with E-state index in [-0.39, 0.29) is 5.75 Å². The van der Waals surface area contributed by atoms with Crippen molar-refractivity contribution in [3.63, 3.8) is 0 Å². The van der Waals surface area contributed by atoms with E-state index in [0.717, 1.165) is 17.0 Å². The van der Waals surface area contributed by atoms with E-state index in [9.17, 15) is 15.2 Å². The minimum absolute atomic E-state index is 0.00907. The van der Waals surface area contributed by atoms with Crippen LogP contribution < -0.4 is 14.9 Å². The van der Waals surface area contributed by atoms with E-state index < -0.39 is 16.4 Å². The van der Waals surface area contributed by atoms with Crippen molar-refractivity contribution in [2.24, 2.45) is 5.10 Å². The Morgan fingerprint density at radius 2 is 2.11 bits per heavy atom. The highest BCUT2D eigenvalue weighted by Gasteiger charge is 2.19. The van der Waals surface area contributed by atoms with Gasteiger partial charge in [-0.05, 0) is 18.2 Å². The Balaban J connectivity index is 1.76. The molecule has 0 saturated carbocycles. The number of phenolic OH excluding ortho intramolecular Hbond substituents is 1. The molecule has 0 amide bonds. The monoisotopic (exact) mass is 400 g/mol. The molecule has 1 aromatic heterocycles. The van der Waals surface area contributed by atoms with Crippen molar-refractivity contribution in [3.8, 4) is 28.5 Å². The number of nitro benzene ring substituents is 1. The lowest BCUT2D eigenvalue weighted by Gasteiger charge is -2.05. The minimum atomic E-state index is -0.691. The Morgan fingerprint density at radius 3 is 2.82 bits per heavy atom. The van der Waals surface area contributed by atoms with E-state index in [1.165, 1.54) is 36.8 Å². The lowest BCUT2D eigenvalue weighted by molar-refractivity contribution is -0.386. The molecule has 0 aliphatic heterocycles. The number of nitro groups is 1. The number of rotatable bonds is 7. The number of aromatic hydroxyl groups is 1. The van der Waals surface area contributed by atoms with Crippen LogP contribution in [0.4, 0.5) is 10.8 Å². The van der Waals surface area contributed by atoms with Crippen LogP contribution in [-0.4, -0.2) is 35.4 Å². The minimum Gasteiger partial charge on any atom is -0.500 e. The zero-order valence-corrected chi connectivity index (χ0v) is 15.8. The van der Waals surface area contributed by atoms with Crippen LogP contribution in [0.15, 0.2) is 46.9 Å². The average molecular weight is 400 g/mol. The van der Waals surface area contributed by atoms with Gasteiger partial charge in [0.25, 0.3) is 0 Å². The zero-order chi connectivity index (χ0) is 20.1. The number of hydrazone groups is 1. The number of thiazole rings is 1. The largest absolute Gasteiger partial charge is 0.500 e. The Labute approximate surface area is 164 Å². The van der Waals surface area contributed by atoms with Gasteiger partial charge >= 0.3 is 5.69 Å². The van der Waals surface area contributed by atoms with Gasteiger partial charge in [-0.3, -0.25) is 15.5 Å². The van der Waals surface area contributed by atoms with Crippen molar-refractivity contribution in [1.82, 2.24) is 4.98 Å². The molecule has 0 fully saturated rings. The Hall–Kier alpha value is -3.66. The summed E-state index contributed by atoms with van der Waals surface area (Å²) in [6.45, 7) is 0. The third-order valence-corrected chi connectivity index (χ3v) is 4.48. The summed E-state index contributed by atoms with van der Waals surface area (Å²) >= 11 is 1.36. The van der Waals surface area contributed by atoms with E-state index in [2.05, 4.69) is 15.5 Å². The summed E-state index contributed by atoms with van der Waals surface area (Å²) < 4.78 is 10.2. The van der Waals surface area contributed by atoms with Crippen molar-refractivity contribution in [3.05, 3.63) is 57.5 Å². The van der Waals surface area contributed by atoms with Gasteiger partial charge in [-0.2, -0.15) is 5.10 Å². The van der Waals surface area contributed by atoms with Gasteiger partial charge in [0, 0.05) is 22.6 Å². The molecule has 0 unspecified atom stereocenters. The molecule has 28 heavy (non-hydrogen) atoms. The molecule has 0 saturated heterocycles. The highest BCUT2D eigenvalue weighted by Crippen LogP contribution is 2.36. The quantitative estimate of drug-likeness (QED) is 0.351. The number of nitrogens with one attached hydrogen (secondary N) is 1. The maximum absolute atomic E-state index is 11.0. The van der Waals surface area contributed by atoms with Gasteiger partial charge in [-0.15, -0.1) is 11.3 Å². The summed E-state index contributed by atoms with van der Waals surface area (Å²) in [5.74, 6) is 0.201. The third kappa shape index (κ3) is 4.18. The Bertz CT molecular complexity index is 1030. The zero-order valence-electron chi connectivity index (χ0n) is 14.9. The first-order chi connectivity index (χ1) is 13.5. The topological polar surface area (TPSA) is 119 Å². The predicted octanol–water partition coefficient (Wildman–Crippen LogP) is 3.89. The van der Waals surface area contributed by atoms with Crippen LogP contribution in [0.3, 0.4) is 0 Å². The van der Waals surface area contributed by atoms with Gasteiger partial charge in [0.1, 0.15) is 5.75 Å². The van der Waals surface area contributed by atoms with Crippen LogP contribution in [0.25, 0.3) is 11.3 Å². The molecule has 0 bridgehead atoms. The van der Waals surface area contributed by atoms with E-state index in [1.54, 1.807) is 7.11 Å². The van der Waals surface area contributed by atoms with Crippen molar-refractivity contribution in [1.29, 1.82) is 0 Å². The molecule has 3 aromatic rings.